The Morgan fingerprint density at radius 2 is 1.67 bits per heavy atom. The van der Waals surface area contributed by atoms with Crippen molar-refractivity contribution in [2.45, 2.75) is 11.8 Å². The van der Waals surface area contributed by atoms with E-state index in [1.165, 1.54) is 10.4 Å². The van der Waals surface area contributed by atoms with Gasteiger partial charge in [-0.1, -0.05) is 17.7 Å². The molecule has 0 amide bonds. The molecule has 8 heteroatoms. The van der Waals surface area contributed by atoms with E-state index in [1.807, 2.05) is 25.1 Å². The van der Waals surface area contributed by atoms with Crippen molar-refractivity contribution in [3.8, 4) is 11.5 Å². The van der Waals surface area contributed by atoms with Crippen LogP contribution in [-0.4, -0.2) is 53.1 Å². The lowest BCUT2D eigenvalue weighted by Crippen LogP contribution is -2.48. The molecule has 0 radical (unpaired) electrons. The van der Waals surface area contributed by atoms with E-state index in [0.717, 1.165) is 11.3 Å². The van der Waals surface area contributed by atoms with Crippen molar-refractivity contribution in [2.24, 2.45) is 0 Å². The Labute approximate surface area is 165 Å². The summed E-state index contributed by atoms with van der Waals surface area (Å²) < 4.78 is 38.0. The van der Waals surface area contributed by atoms with E-state index in [1.54, 1.807) is 26.4 Å². The van der Waals surface area contributed by atoms with Crippen molar-refractivity contribution in [1.29, 1.82) is 0 Å². The van der Waals surface area contributed by atoms with E-state index in [0.29, 0.717) is 42.7 Å². The largest absolute Gasteiger partial charge is 0.497 e. The average Bonchev–Trinajstić information content (AvgIpc) is 2.69. The first-order valence-electron chi connectivity index (χ1n) is 8.60. The summed E-state index contributed by atoms with van der Waals surface area (Å²) in [5.74, 6) is 1.42. The SMILES string of the molecule is COc1ccc(N2CCN(S(=O)(=O)c3ccc(C)c(Cl)c3)CC2)c(OC)c1. The fourth-order valence-electron chi connectivity index (χ4n) is 3.10. The van der Waals surface area contributed by atoms with Crippen molar-refractivity contribution in [3.05, 3.63) is 47.0 Å². The maximum absolute atomic E-state index is 12.9. The minimum Gasteiger partial charge on any atom is -0.497 e. The van der Waals surface area contributed by atoms with Crippen LogP contribution in [0.1, 0.15) is 5.56 Å². The number of rotatable bonds is 5. The Kier molecular flexibility index (Phi) is 5.83. The van der Waals surface area contributed by atoms with Crippen molar-refractivity contribution < 1.29 is 17.9 Å². The van der Waals surface area contributed by atoms with Gasteiger partial charge in [0.1, 0.15) is 11.5 Å². The average molecular weight is 411 g/mol. The molecule has 146 valence electrons. The standard InChI is InChI=1S/C19H23ClN2O4S/c1-14-4-6-16(13-17(14)20)27(23,24)22-10-8-21(9-11-22)18-7-5-15(25-2)12-19(18)26-3/h4-7,12-13H,8-11H2,1-3H3. The first kappa shape index (κ1) is 19.8. The molecule has 0 spiro atoms. The zero-order valence-electron chi connectivity index (χ0n) is 15.6. The molecule has 0 aromatic heterocycles. The molecule has 6 nitrogen and oxygen atoms in total. The predicted molar refractivity (Wildman–Crippen MR) is 107 cm³/mol. The number of hydrogen-bond donors (Lipinski definition) is 0. The van der Waals surface area contributed by atoms with Gasteiger partial charge in [0, 0.05) is 37.3 Å². The second kappa shape index (κ2) is 7.96. The van der Waals surface area contributed by atoms with Crippen molar-refractivity contribution in [2.75, 3.05) is 45.3 Å². The third-order valence-corrected chi connectivity index (χ3v) is 7.05. The van der Waals surface area contributed by atoms with Crippen LogP contribution in [0, 0.1) is 6.92 Å². The highest BCUT2D eigenvalue weighted by atomic mass is 35.5. The van der Waals surface area contributed by atoms with Crippen LogP contribution >= 0.6 is 11.6 Å². The maximum Gasteiger partial charge on any atom is 0.243 e. The van der Waals surface area contributed by atoms with E-state index in [4.69, 9.17) is 21.1 Å². The van der Waals surface area contributed by atoms with Crippen LogP contribution in [0.25, 0.3) is 0 Å². The molecule has 3 rings (SSSR count). The normalized spacial score (nSPS) is 15.6. The molecule has 0 unspecified atom stereocenters. The Balaban J connectivity index is 1.76. The zero-order valence-corrected chi connectivity index (χ0v) is 17.2. The number of piperazine rings is 1. The van der Waals surface area contributed by atoms with Gasteiger partial charge in [0.2, 0.25) is 10.0 Å². The van der Waals surface area contributed by atoms with Gasteiger partial charge < -0.3 is 14.4 Å². The number of anilines is 1. The minimum absolute atomic E-state index is 0.230. The van der Waals surface area contributed by atoms with Crippen LogP contribution < -0.4 is 14.4 Å². The fraction of sp³-hybridized carbons (Fsp3) is 0.368. The molecule has 0 saturated carbocycles. The first-order chi connectivity index (χ1) is 12.9. The van der Waals surface area contributed by atoms with Crippen LogP contribution in [0.4, 0.5) is 5.69 Å². The van der Waals surface area contributed by atoms with E-state index in [-0.39, 0.29) is 4.90 Å². The van der Waals surface area contributed by atoms with Gasteiger partial charge in [-0.05, 0) is 36.8 Å². The number of methoxy groups -OCH3 is 2. The van der Waals surface area contributed by atoms with Gasteiger partial charge in [-0.25, -0.2) is 8.42 Å². The van der Waals surface area contributed by atoms with Gasteiger partial charge in [0.25, 0.3) is 0 Å². The van der Waals surface area contributed by atoms with Gasteiger partial charge >= 0.3 is 0 Å². The van der Waals surface area contributed by atoms with E-state index < -0.39 is 10.0 Å². The zero-order chi connectivity index (χ0) is 19.6. The molecule has 0 N–H and O–H groups in total. The Morgan fingerprint density at radius 3 is 2.26 bits per heavy atom. The van der Waals surface area contributed by atoms with Crippen LogP contribution in [0.2, 0.25) is 5.02 Å². The molecule has 0 aliphatic carbocycles. The molecule has 27 heavy (non-hydrogen) atoms. The number of nitrogens with zero attached hydrogens (tertiary/aromatic N) is 2. The van der Waals surface area contributed by atoms with Gasteiger partial charge in [-0.3, -0.25) is 0 Å². The highest BCUT2D eigenvalue weighted by Gasteiger charge is 2.29. The Bertz CT molecular complexity index is 925. The van der Waals surface area contributed by atoms with Gasteiger partial charge in [-0.2, -0.15) is 4.31 Å². The van der Waals surface area contributed by atoms with Crippen LogP contribution in [-0.2, 0) is 10.0 Å². The van der Waals surface area contributed by atoms with E-state index in [9.17, 15) is 8.42 Å². The molecular formula is C19H23ClN2O4S. The quantitative estimate of drug-likeness (QED) is 0.757. The van der Waals surface area contributed by atoms with Crippen LogP contribution in [0.15, 0.2) is 41.3 Å². The van der Waals surface area contributed by atoms with Crippen molar-refractivity contribution >= 4 is 27.3 Å². The molecule has 1 aliphatic rings. The predicted octanol–water partition coefficient (Wildman–Crippen LogP) is 3.18. The third kappa shape index (κ3) is 4.00. The molecule has 1 aliphatic heterocycles. The molecule has 2 aromatic carbocycles. The summed E-state index contributed by atoms with van der Waals surface area (Å²) in [5, 5.41) is 0.456. The maximum atomic E-state index is 12.9. The summed E-state index contributed by atoms with van der Waals surface area (Å²) in [5.41, 5.74) is 1.78. The lowest BCUT2D eigenvalue weighted by Gasteiger charge is -2.36. The highest BCUT2D eigenvalue weighted by molar-refractivity contribution is 7.89. The molecule has 1 saturated heterocycles. The number of halogens is 1. The summed E-state index contributed by atoms with van der Waals surface area (Å²) in [4.78, 5) is 2.35. The molecule has 1 fully saturated rings. The summed E-state index contributed by atoms with van der Waals surface area (Å²) in [6.45, 7) is 3.77. The summed E-state index contributed by atoms with van der Waals surface area (Å²) >= 11 is 6.10. The molecule has 1 heterocycles. The molecule has 0 bridgehead atoms. The summed E-state index contributed by atoms with van der Waals surface area (Å²) in [6.07, 6.45) is 0. The van der Waals surface area contributed by atoms with E-state index >= 15 is 0 Å². The third-order valence-electron chi connectivity index (χ3n) is 4.75. The number of benzene rings is 2. The smallest absolute Gasteiger partial charge is 0.243 e. The monoisotopic (exact) mass is 410 g/mol. The lowest BCUT2D eigenvalue weighted by atomic mass is 10.2. The van der Waals surface area contributed by atoms with Gasteiger partial charge in [0.15, 0.2) is 0 Å². The number of hydrogen-bond acceptors (Lipinski definition) is 5. The second-order valence-electron chi connectivity index (χ2n) is 6.34. The molecular weight excluding hydrogens is 388 g/mol. The van der Waals surface area contributed by atoms with Gasteiger partial charge in [0.05, 0.1) is 24.8 Å². The summed E-state index contributed by atoms with van der Waals surface area (Å²) in [7, 11) is -0.345. The Morgan fingerprint density at radius 1 is 0.963 bits per heavy atom. The number of aryl methyl sites for hydroxylation is 1. The summed E-state index contributed by atoms with van der Waals surface area (Å²) in [6, 6.07) is 10.5. The lowest BCUT2D eigenvalue weighted by molar-refractivity contribution is 0.375. The first-order valence-corrected chi connectivity index (χ1v) is 10.4. The van der Waals surface area contributed by atoms with Gasteiger partial charge in [-0.15, -0.1) is 0 Å². The fourth-order valence-corrected chi connectivity index (χ4v) is 4.79. The number of sulfonamides is 1. The van der Waals surface area contributed by atoms with Crippen LogP contribution in [0.5, 0.6) is 11.5 Å². The highest BCUT2D eigenvalue weighted by Crippen LogP contribution is 2.33. The van der Waals surface area contributed by atoms with Crippen molar-refractivity contribution in [1.82, 2.24) is 4.31 Å². The minimum atomic E-state index is -3.56. The second-order valence-corrected chi connectivity index (χ2v) is 8.69. The molecule has 2 aromatic rings. The topological polar surface area (TPSA) is 59.1 Å². The Hall–Kier alpha value is -1.96. The van der Waals surface area contributed by atoms with E-state index in [2.05, 4.69) is 4.90 Å². The van der Waals surface area contributed by atoms with Crippen LogP contribution in [0.3, 0.4) is 0 Å². The molecule has 0 atom stereocenters. The number of ether oxygens (including phenoxy) is 2. The van der Waals surface area contributed by atoms with Crippen molar-refractivity contribution in [3.63, 3.8) is 0 Å².